The summed E-state index contributed by atoms with van der Waals surface area (Å²) in [6, 6.07) is 0. The Labute approximate surface area is 272 Å². The number of unbranched alkanes of at least 4 members (excludes halogenated alkanes) is 18. The number of ether oxygens (including phenoxy) is 2. The molecule has 0 fully saturated rings. The minimum Gasteiger partial charge on any atom is -0.786 e. The van der Waals surface area contributed by atoms with Crippen LogP contribution in [-0.4, -0.2) is 44.4 Å². The Hall–Kier alpha value is -0.790. The fraction of sp³-hybridized carbons (Fsp3) is 0.943. The zero-order chi connectivity index (χ0) is 32.5. The van der Waals surface area contributed by atoms with E-state index in [0.717, 1.165) is 44.4 Å². The van der Waals surface area contributed by atoms with E-state index < -0.39 is 14.7 Å². The SMILES string of the molecule is CCCCCCCCCCCCCCC(=O)OC[C@@H](COP([O-])OCC[NH3+])OC(=O)CCCCCCCCCCC(C)CC. The molecule has 0 spiro atoms. The van der Waals surface area contributed by atoms with Crippen molar-refractivity contribution in [3.63, 3.8) is 0 Å². The smallest absolute Gasteiger partial charge is 0.306 e. The maximum Gasteiger partial charge on any atom is 0.306 e. The van der Waals surface area contributed by atoms with Crippen LogP contribution in [0.5, 0.6) is 0 Å². The van der Waals surface area contributed by atoms with Crippen molar-refractivity contribution in [3.8, 4) is 0 Å². The summed E-state index contributed by atoms with van der Waals surface area (Å²) < 4.78 is 21.2. The average Bonchev–Trinajstić information content (AvgIpc) is 3.02. The first-order chi connectivity index (χ1) is 21.4. The molecule has 0 aliphatic carbocycles. The molecule has 0 aromatic rings. The van der Waals surface area contributed by atoms with Crippen LogP contribution >= 0.6 is 8.60 Å². The largest absolute Gasteiger partial charge is 0.786 e. The van der Waals surface area contributed by atoms with Crippen LogP contribution in [0.3, 0.4) is 0 Å². The van der Waals surface area contributed by atoms with Crippen LogP contribution in [0.1, 0.15) is 175 Å². The molecule has 0 aliphatic heterocycles. The summed E-state index contributed by atoms with van der Waals surface area (Å²) in [7, 11) is -2.34. The lowest BCUT2D eigenvalue weighted by atomic mass is 9.99. The van der Waals surface area contributed by atoms with Crippen LogP contribution in [0.4, 0.5) is 0 Å². The van der Waals surface area contributed by atoms with E-state index in [1.165, 1.54) is 103 Å². The first-order valence-electron chi connectivity index (χ1n) is 18.3. The number of hydrogen-bond acceptors (Lipinski definition) is 7. The molecule has 0 aromatic heterocycles. The molecule has 0 amide bonds. The molecule has 262 valence electrons. The highest BCUT2D eigenvalue weighted by atomic mass is 31.2. The topological polar surface area (TPSA) is 122 Å². The normalized spacial score (nSPS) is 13.5. The summed E-state index contributed by atoms with van der Waals surface area (Å²) in [5, 5.41) is 0. The van der Waals surface area contributed by atoms with Crippen LogP contribution in [0.15, 0.2) is 0 Å². The zero-order valence-electron chi connectivity index (χ0n) is 29.0. The number of carbonyl (C=O) groups excluding carboxylic acids is 2. The third kappa shape index (κ3) is 31.2. The summed E-state index contributed by atoms with van der Waals surface area (Å²) in [4.78, 5) is 36.7. The van der Waals surface area contributed by atoms with Gasteiger partial charge in [-0.1, -0.05) is 149 Å². The van der Waals surface area contributed by atoms with E-state index in [9.17, 15) is 14.5 Å². The van der Waals surface area contributed by atoms with E-state index in [-0.39, 0.29) is 31.8 Å². The molecule has 0 rings (SSSR count). The highest BCUT2D eigenvalue weighted by Crippen LogP contribution is 2.27. The van der Waals surface area contributed by atoms with Gasteiger partial charge in [-0.3, -0.25) is 9.59 Å². The molecule has 44 heavy (non-hydrogen) atoms. The van der Waals surface area contributed by atoms with Crippen LogP contribution in [-0.2, 0) is 28.1 Å². The van der Waals surface area contributed by atoms with Gasteiger partial charge in [-0.05, 0) is 18.8 Å². The lowest BCUT2D eigenvalue weighted by molar-refractivity contribution is -0.372. The number of rotatable bonds is 34. The van der Waals surface area contributed by atoms with E-state index in [2.05, 4.69) is 26.5 Å². The second kappa shape index (κ2) is 33.6. The van der Waals surface area contributed by atoms with Crippen molar-refractivity contribution in [1.82, 2.24) is 0 Å². The van der Waals surface area contributed by atoms with E-state index in [0.29, 0.717) is 19.4 Å². The van der Waals surface area contributed by atoms with Gasteiger partial charge in [-0.25, -0.2) is 0 Å². The van der Waals surface area contributed by atoms with Crippen molar-refractivity contribution in [2.75, 3.05) is 26.4 Å². The lowest BCUT2D eigenvalue weighted by Gasteiger charge is -2.24. The Morgan fingerprint density at radius 2 is 1.14 bits per heavy atom. The van der Waals surface area contributed by atoms with Gasteiger partial charge in [0.2, 0.25) is 0 Å². The Kier molecular flexibility index (Phi) is 33.0. The molecule has 3 atom stereocenters. The molecule has 0 radical (unpaired) electrons. The Bertz CT molecular complexity index is 640. The van der Waals surface area contributed by atoms with Crippen molar-refractivity contribution in [2.24, 2.45) is 5.92 Å². The number of esters is 2. The first kappa shape index (κ1) is 43.2. The van der Waals surface area contributed by atoms with Crippen LogP contribution < -0.4 is 10.6 Å². The summed E-state index contributed by atoms with van der Waals surface area (Å²) in [6.07, 6.45) is 26.5. The Balaban J connectivity index is 4.12. The highest BCUT2D eigenvalue weighted by molar-refractivity contribution is 7.39. The molecule has 0 aromatic carbocycles. The van der Waals surface area contributed by atoms with Gasteiger partial charge in [0.05, 0.1) is 21.8 Å². The summed E-state index contributed by atoms with van der Waals surface area (Å²) >= 11 is 0. The van der Waals surface area contributed by atoms with Crippen molar-refractivity contribution in [3.05, 3.63) is 0 Å². The van der Waals surface area contributed by atoms with Gasteiger partial charge in [0, 0.05) is 12.8 Å². The molecule has 0 bridgehead atoms. The number of hydrogen-bond donors (Lipinski definition) is 1. The summed E-state index contributed by atoms with van der Waals surface area (Å²) in [6.45, 7) is 7.26. The van der Waals surface area contributed by atoms with Crippen molar-refractivity contribution in [1.29, 1.82) is 0 Å². The predicted molar refractivity (Wildman–Crippen MR) is 179 cm³/mol. The molecule has 8 nitrogen and oxygen atoms in total. The monoisotopic (exact) mass is 647 g/mol. The number of quaternary nitrogens is 1. The maximum absolute atomic E-state index is 12.5. The van der Waals surface area contributed by atoms with Crippen molar-refractivity contribution < 1.29 is 38.7 Å². The van der Waals surface area contributed by atoms with E-state index in [1.807, 2.05) is 0 Å². The molecular formula is C35H70NO7P. The molecule has 2 unspecified atom stereocenters. The lowest BCUT2D eigenvalue weighted by Crippen LogP contribution is -2.52. The average molecular weight is 648 g/mol. The van der Waals surface area contributed by atoms with Crippen molar-refractivity contribution in [2.45, 2.75) is 181 Å². The van der Waals surface area contributed by atoms with Gasteiger partial charge in [0.1, 0.15) is 13.2 Å². The molecule has 0 saturated carbocycles. The zero-order valence-corrected chi connectivity index (χ0v) is 29.9. The second-order valence-corrected chi connectivity index (χ2v) is 13.5. The Morgan fingerprint density at radius 3 is 1.64 bits per heavy atom. The molecule has 9 heteroatoms. The molecule has 0 heterocycles. The molecular weight excluding hydrogens is 577 g/mol. The predicted octanol–water partition coefficient (Wildman–Crippen LogP) is 8.34. The first-order valence-corrected chi connectivity index (χ1v) is 19.4. The van der Waals surface area contributed by atoms with Gasteiger partial charge in [-0.2, -0.15) is 0 Å². The van der Waals surface area contributed by atoms with Gasteiger partial charge in [0.15, 0.2) is 6.10 Å². The van der Waals surface area contributed by atoms with E-state index in [4.69, 9.17) is 18.5 Å². The number of carbonyl (C=O) groups is 2. The van der Waals surface area contributed by atoms with Gasteiger partial charge in [-0.15, -0.1) is 0 Å². The van der Waals surface area contributed by atoms with Crippen LogP contribution in [0, 0.1) is 5.92 Å². The fourth-order valence-corrected chi connectivity index (χ4v) is 5.72. The van der Waals surface area contributed by atoms with E-state index in [1.54, 1.807) is 0 Å². The highest BCUT2D eigenvalue weighted by Gasteiger charge is 2.18. The minimum absolute atomic E-state index is 0.113. The third-order valence-corrected chi connectivity index (χ3v) is 8.95. The fourth-order valence-electron chi connectivity index (χ4n) is 5.08. The minimum atomic E-state index is -2.34. The quantitative estimate of drug-likeness (QED) is 0.0423. The molecule has 0 saturated heterocycles. The van der Waals surface area contributed by atoms with Crippen LogP contribution in [0.25, 0.3) is 0 Å². The van der Waals surface area contributed by atoms with Gasteiger partial charge in [0.25, 0.3) is 0 Å². The van der Waals surface area contributed by atoms with Gasteiger partial charge < -0.3 is 29.1 Å². The van der Waals surface area contributed by atoms with Crippen LogP contribution in [0.2, 0.25) is 0 Å². The third-order valence-electron chi connectivity index (χ3n) is 8.19. The molecule has 3 N–H and O–H groups in total. The Morgan fingerprint density at radius 1 is 0.659 bits per heavy atom. The maximum atomic E-state index is 12.5. The summed E-state index contributed by atoms with van der Waals surface area (Å²) in [5.74, 6) is 0.178. The second-order valence-electron chi connectivity index (χ2n) is 12.5. The van der Waals surface area contributed by atoms with Gasteiger partial charge >= 0.3 is 11.9 Å². The van der Waals surface area contributed by atoms with Crippen molar-refractivity contribution >= 4 is 20.5 Å². The summed E-state index contributed by atoms with van der Waals surface area (Å²) in [5.41, 5.74) is 3.64. The molecule has 0 aliphatic rings. The standard InChI is InChI=1S/C35H69NO7P/c1-4-6-7-8-9-10-11-12-13-17-20-23-26-34(37)40-30-33(31-42-44(39)41-29-28-36)43-35(38)27-24-21-18-15-14-16-19-22-25-32(3)5-2/h32-33H,4-31,36H2,1-3H3/q-1/p+1/t32?,33-,44?/m0/s1. The van der Waals surface area contributed by atoms with E-state index >= 15 is 0 Å².